The van der Waals surface area contributed by atoms with Gasteiger partial charge in [0.05, 0.1) is 18.3 Å². The van der Waals surface area contributed by atoms with Gasteiger partial charge in [0.1, 0.15) is 16.4 Å². The molecule has 0 aliphatic carbocycles. The minimum Gasteiger partial charge on any atom is -0.462 e. The highest BCUT2D eigenvalue weighted by molar-refractivity contribution is 7.13. The molecule has 0 aliphatic heterocycles. The number of halogens is 2. The van der Waals surface area contributed by atoms with Gasteiger partial charge in [0.2, 0.25) is 0 Å². The molecule has 1 aromatic heterocycles. The summed E-state index contributed by atoms with van der Waals surface area (Å²) < 4.78 is 29.6. The highest BCUT2D eigenvalue weighted by Crippen LogP contribution is 2.24. The SMILES string of the molecule is CCNC(=NCC(F)F)NC(C)c1nc(C)c(C(=O)OCC)s1. The van der Waals surface area contributed by atoms with Crippen molar-refractivity contribution in [1.29, 1.82) is 0 Å². The highest BCUT2D eigenvalue weighted by Gasteiger charge is 2.20. The predicted octanol–water partition coefficient (Wildman–Crippen LogP) is 2.51. The van der Waals surface area contributed by atoms with Crippen molar-refractivity contribution in [2.75, 3.05) is 19.7 Å². The van der Waals surface area contributed by atoms with Crippen LogP contribution in [0.4, 0.5) is 8.78 Å². The van der Waals surface area contributed by atoms with Crippen LogP contribution in [0.1, 0.15) is 47.2 Å². The van der Waals surface area contributed by atoms with Crippen molar-refractivity contribution in [2.24, 2.45) is 4.99 Å². The summed E-state index contributed by atoms with van der Waals surface area (Å²) in [6.45, 7) is 7.40. The molecular weight excluding hydrogens is 326 g/mol. The van der Waals surface area contributed by atoms with E-state index in [9.17, 15) is 13.6 Å². The van der Waals surface area contributed by atoms with Crippen molar-refractivity contribution >= 4 is 23.3 Å². The van der Waals surface area contributed by atoms with Gasteiger partial charge in [0, 0.05) is 6.54 Å². The number of hydrogen-bond acceptors (Lipinski definition) is 5. The number of nitrogens with zero attached hydrogens (tertiary/aromatic N) is 2. The van der Waals surface area contributed by atoms with Crippen LogP contribution in [-0.4, -0.2) is 43.0 Å². The number of alkyl halides is 2. The van der Waals surface area contributed by atoms with Crippen LogP contribution in [0.5, 0.6) is 0 Å². The Kier molecular flexibility index (Phi) is 7.87. The summed E-state index contributed by atoms with van der Waals surface area (Å²) >= 11 is 1.22. The summed E-state index contributed by atoms with van der Waals surface area (Å²) in [7, 11) is 0. The lowest BCUT2D eigenvalue weighted by Gasteiger charge is -2.15. The van der Waals surface area contributed by atoms with Gasteiger partial charge in [-0.1, -0.05) is 0 Å². The fourth-order valence-corrected chi connectivity index (χ4v) is 2.70. The Morgan fingerprint density at radius 2 is 2.13 bits per heavy atom. The van der Waals surface area contributed by atoms with Gasteiger partial charge in [-0.25, -0.2) is 23.6 Å². The maximum atomic E-state index is 12.3. The number of rotatable bonds is 7. The zero-order chi connectivity index (χ0) is 17.4. The standard InChI is InChI=1S/C14H22F2N4O2S/c1-5-17-14(18-7-10(15)16)20-9(4)12-19-8(3)11(23-12)13(21)22-6-2/h9-10H,5-7H2,1-4H3,(H2,17,18,20). The summed E-state index contributed by atoms with van der Waals surface area (Å²) in [5, 5.41) is 6.56. The molecule has 9 heteroatoms. The van der Waals surface area contributed by atoms with Crippen molar-refractivity contribution in [3.63, 3.8) is 0 Å². The molecule has 1 unspecified atom stereocenters. The van der Waals surface area contributed by atoms with Crippen LogP contribution in [0.25, 0.3) is 0 Å². The van der Waals surface area contributed by atoms with E-state index in [4.69, 9.17) is 4.74 Å². The molecule has 0 aliphatic rings. The minimum absolute atomic E-state index is 0.280. The molecule has 0 fully saturated rings. The summed E-state index contributed by atoms with van der Waals surface area (Å²) in [5.41, 5.74) is 0.589. The average molecular weight is 348 g/mol. The molecule has 1 heterocycles. The van der Waals surface area contributed by atoms with Gasteiger partial charge < -0.3 is 15.4 Å². The third-order valence-corrected chi connectivity index (χ3v) is 4.05. The Hall–Kier alpha value is -1.77. The molecule has 0 saturated heterocycles. The monoisotopic (exact) mass is 348 g/mol. The van der Waals surface area contributed by atoms with Gasteiger partial charge in [-0.15, -0.1) is 11.3 Å². The van der Waals surface area contributed by atoms with E-state index in [2.05, 4.69) is 20.6 Å². The number of hydrogen-bond donors (Lipinski definition) is 2. The minimum atomic E-state index is -2.50. The lowest BCUT2D eigenvalue weighted by molar-refractivity contribution is 0.0531. The van der Waals surface area contributed by atoms with E-state index in [1.54, 1.807) is 13.8 Å². The smallest absolute Gasteiger partial charge is 0.350 e. The molecule has 0 aromatic carbocycles. The van der Waals surface area contributed by atoms with Gasteiger partial charge in [0.15, 0.2) is 5.96 Å². The number of thiazole rings is 1. The van der Waals surface area contributed by atoms with E-state index in [0.717, 1.165) is 0 Å². The lowest BCUT2D eigenvalue weighted by Crippen LogP contribution is -2.39. The van der Waals surface area contributed by atoms with Gasteiger partial charge in [-0.2, -0.15) is 0 Å². The number of carbonyl (C=O) groups is 1. The summed E-state index contributed by atoms with van der Waals surface area (Å²) in [5.74, 6) is -0.120. The summed E-state index contributed by atoms with van der Waals surface area (Å²) in [6, 6.07) is -0.280. The molecule has 1 aromatic rings. The third kappa shape index (κ3) is 6.09. The molecule has 2 N–H and O–H groups in total. The molecular formula is C14H22F2N4O2S. The maximum absolute atomic E-state index is 12.3. The highest BCUT2D eigenvalue weighted by atomic mass is 32.1. The first-order valence-corrected chi connectivity index (χ1v) is 8.18. The number of aryl methyl sites for hydroxylation is 1. The Labute approximate surface area is 138 Å². The molecule has 1 atom stereocenters. The van der Waals surface area contributed by atoms with Gasteiger partial charge in [-0.3, -0.25) is 0 Å². The fraction of sp³-hybridized carbons (Fsp3) is 0.643. The van der Waals surface area contributed by atoms with Crippen LogP contribution >= 0.6 is 11.3 Å². The van der Waals surface area contributed by atoms with Crippen LogP contribution in [-0.2, 0) is 4.74 Å². The molecule has 0 bridgehead atoms. The average Bonchev–Trinajstić information content (AvgIpc) is 2.87. The molecule has 0 spiro atoms. The number of carbonyl (C=O) groups excluding carboxylic acids is 1. The normalized spacial score (nSPS) is 13.1. The van der Waals surface area contributed by atoms with E-state index in [1.807, 2.05) is 13.8 Å². The zero-order valence-electron chi connectivity index (χ0n) is 13.7. The second kappa shape index (κ2) is 9.39. The van der Waals surface area contributed by atoms with Crippen molar-refractivity contribution in [3.05, 3.63) is 15.6 Å². The first kappa shape index (κ1) is 19.3. The largest absolute Gasteiger partial charge is 0.462 e. The first-order valence-electron chi connectivity index (χ1n) is 7.36. The van der Waals surface area contributed by atoms with Crippen LogP contribution in [0.3, 0.4) is 0 Å². The third-order valence-electron chi connectivity index (χ3n) is 2.73. The second-order valence-corrected chi connectivity index (χ2v) is 5.69. The molecule has 23 heavy (non-hydrogen) atoms. The number of esters is 1. The molecule has 0 radical (unpaired) electrons. The van der Waals surface area contributed by atoms with Crippen molar-refractivity contribution in [3.8, 4) is 0 Å². The molecule has 6 nitrogen and oxygen atoms in total. The Morgan fingerprint density at radius 3 is 2.70 bits per heavy atom. The maximum Gasteiger partial charge on any atom is 0.350 e. The molecule has 1 rings (SSSR count). The van der Waals surface area contributed by atoms with E-state index in [0.29, 0.717) is 28.7 Å². The van der Waals surface area contributed by atoms with Gasteiger partial charge in [-0.05, 0) is 27.7 Å². The lowest BCUT2D eigenvalue weighted by atomic mass is 10.3. The van der Waals surface area contributed by atoms with E-state index in [-0.39, 0.29) is 12.0 Å². The molecule has 0 amide bonds. The van der Waals surface area contributed by atoms with Gasteiger partial charge >= 0.3 is 5.97 Å². The van der Waals surface area contributed by atoms with Crippen LogP contribution in [0, 0.1) is 6.92 Å². The van der Waals surface area contributed by atoms with E-state index < -0.39 is 18.9 Å². The number of aliphatic imine (C=N–C) groups is 1. The topological polar surface area (TPSA) is 75.6 Å². The molecule has 0 saturated carbocycles. The predicted molar refractivity (Wildman–Crippen MR) is 86.3 cm³/mol. The van der Waals surface area contributed by atoms with Crippen LogP contribution in [0.2, 0.25) is 0 Å². The van der Waals surface area contributed by atoms with E-state index >= 15 is 0 Å². The van der Waals surface area contributed by atoms with Gasteiger partial charge in [0.25, 0.3) is 6.43 Å². The van der Waals surface area contributed by atoms with Crippen molar-refractivity contribution in [2.45, 2.75) is 40.2 Å². The van der Waals surface area contributed by atoms with Crippen LogP contribution < -0.4 is 10.6 Å². The summed E-state index contributed by atoms with van der Waals surface area (Å²) in [6.07, 6.45) is -2.50. The van der Waals surface area contributed by atoms with Crippen molar-refractivity contribution < 1.29 is 18.3 Å². The number of aromatic nitrogens is 1. The first-order chi connectivity index (χ1) is 10.9. The quantitative estimate of drug-likeness (QED) is 0.450. The van der Waals surface area contributed by atoms with E-state index in [1.165, 1.54) is 11.3 Å². The number of ether oxygens (including phenoxy) is 1. The van der Waals surface area contributed by atoms with Crippen molar-refractivity contribution in [1.82, 2.24) is 15.6 Å². The number of nitrogens with one attached hydrogen (secondary N) is 2. The fourth-order valence-electron chi connectivity index (χ4n) is 1.74. The second-order valence-electron chi connectivity index (χ2n) is 4.66. The Morgan fingerprint density at radius 1 is 1.43 bits per heavy atom. The summed E-state index contributed by atoms with van der Waals surface area (Å²) in [4.78, 5) is 20.4. The Balaban J connectivity index is 2.83. The zero-order valence-corrected chi connectivity index (χ0v) is 14.5. The number of guanidine groups is 1. The Bertz CT molecular complexity index is 549. The van der Waals surface area contributed by atoms with Crippen LogP contribution in [0.15, 0.2) is 4.99 Å². The molecule has 130 valence electrons.